The number of nitrogens with two attached hydrogens (primary N) is 1. The molecule has 0 radical (unpaired) electrons. The summed E-state index contributed by atoms with van der Waals surface area (Å²) in [6.45, 7) is 0. The maximum Gasteiger partial charge on any atom is 0.248 e. The number of carbonyl (C=O) groups is 1. The number of rotatable bonds is 4. The molecular formula is C19H17N3O2. The van der Waals surface area contributed by atoms with Crippen LogP contribution in [0.1, 0.15) is 5.56 Å². The molecule has 3 aromatic rings. The van der Waals surface area contributed by atoms with Gasteiger partial charge >= 0.3 is 0 Å². The highest BCUT2D eigenvalue weighted by molar-refractivity contribution is 6.06. The van der Waals surface area contributed by atoms with Crippen molar-refractivity contribution in [1.29, 1.82) is 0 Å². The highest BCUT2D eigenvalue weighted by Crippen LogP contribution is 2.23. The van der Waals surface area contributed by atoms with E-state index in [-0.39, 0.29) is 5.91 Å². The molecular weight excluding hydrogens is 302 g/mol. The zero-order valence-electron chi connectivity index (χ0n) is 13.2. The standard InChI is InChI=1S/C19H17N3O2/c1-24-17-9-7-13(12-15(17)20)8-10-18(23)22-16-6-2-4-14-5-3-11-21-19(14)16/h2-12H,20H2,1H3,(H,22,23)/b10-8-. The predicted octanol–water partition coefficient (Wildman–Crippen LogP) is 3.48. The van der Waals surface area contributed by atoms with Gasteiger partial charge in [0, 0.05) is 17.7 Å². The SMILES string of the molecule is COc1ccc(/C=C\C(=O)Nc2cccc3cccnc23)cc1N. The third-order valence-corrected chi connectivity index (χ3v) is 3.57. The molecule has 0 saturated carbocycles. The van der Waals surface area contributed by atoms with Crippen molar-refractivity contribution in [3.05, 3.63) is 66.4 Å². The first-order valence-electron chi connectivity index (χ1n) is 7.44. The molecule has 2 aromatic carbocycles. The number of hydrogen-bond acceptors (Lipinski definition) is 4. The lowest BCUT2D eigenvalue weighted by molar-refractivity contribution is -0.111. The molecule has 5 nitrogen and oxygen atoms in total. The molecule has 0 fully saturated rings. The molecule has 5 heteroatoms. The number of benzene rings is 2. The number of fused-ring (bicyclic) bond motifs is 1. The highest BCUT2D eigenvalue weighted by Gasteiger charge is 2.04. The van der Waals surface area contributed by atoms with Crippen molar-refractivity contribution < 1.29 is 9.53 Å². The Balaban J connectivity index is 1.76. The molecule has 0 spiro atoms. The van der Waals surface area contributed by atoms with Crippen LogP contribution in [0, 0.1) is 0 Å². The number of ether oxygens (including phenoxy) is 1. The number of nitrogens with one attached hydrogen (secondary N) is 1. The van der Waals surface area contributed by atoms with Crippen molar-refractivity contribution in [3.8, 4) is 5.75 Å². The number of carbonyl (C=O) groups excluding carboxylic acids is 1. The number of nitrogen functional groups attached to an aromatic ring is 1. The number of para-hydroxylation sites is 1. The fourth-order valence-corrected chi connectivity index (χ4v) is 2.41. The first-order chi connectivity index (χ1) is 11.7. The second kappa shape index (κ2) is 6.83. The van der Waals surface area contributed by atoms with Crippen LogP contribution >= 0.6 is 0 Å². The van der Waals surface area contributed by atoms with E-state index in [1.54, 1.807) is 31.5 Å². The third kappa shape index (κ3) is 3.35. The minimum Gasteiger partial charge on any atom is -0.495 e. The van der Waals surface area contributed by atoms with Gasteiger partial charge in [0.05, 0.1) is 24.0 Å². The zero-order chi connectivity index (χ0) is 16.9. The molecule has 120 valence electrons. The van der Waals surface area contributed by atoms with Crippen molar-refractivity contribution in [1.82, 2.24) is 4.98 Å². The summed E-state index contributed by atoms with van der Waals surface area (Å²) < 4.78 is 5.11. The van der Waals surface area contributed by atoms with E-state index in [1.165, 1.54) is 6.08 Å². The Hall–Kier alpha value is -3.34. The van der Waals surface area contributed by atoms with Crippen molar-refractivity contribution in [2.24, 2.45) is 0 Å². The summed E-state index contributed by atoms with van der Waals surface area (Å²) in [4.78, 5) is 16.5. The fraction of sp³-hybridized carbons (Fsp3) is 0.0526. The Kier molecular flexibility index (Phi) is 4.43. The number of amides is 1. The number of hydrogen-bond donors (Lipinski definition) is 2. The van der Waals surface area contributed by atoms with E-state index in [4.69, 9.17) is 10.5 Å². The maximum atomic E-state index is 12.2. The molecule has 0 aliphatic rings. The summed E-state index contributed by atoms with van der Waals surface area (Å²) in [6.07, 6.45) is 4.86. The van der Waals surface area contributed by atoms with Crippen LogP contribution in [0.3, 0.4) is 0 Å². The summed E-state index contributed by atoms with van der Waals surface area (Å²) in [5, 5.41) is 3.82. The van der Waals surface area contributed by atoms with E-state index in [0.717, 1.165) is 16.5 Å². The third-order valence-electron chi connectivity index (χ3n) is 3.57. The smallest absolute Gasteiger partial charge is 0.248 e. The average molecular weight is 319 g/mol. The van der Waals surface area contributed by atoms with Crippen LogP contribution in [0.15, 0.2) is 60.8 Å². The van der Waals surface area contributed by atoms with E-state index in [1.807, 2.05) is 36.4 Å². The van der Waals surface area contributed by atoms with E-state index in [9.17, 15) is 4.79 Å². The first-order valence-corrected chi connectivity index (χ1v) is 7.44. The lowest BCUT2D eigenvalue weighted by atomic mass is 10.1. The van der Waals surface area contributed by atoms with Crippen LogP contribution in [0.4, 0.5) is 11.4 Å². The zero-order valence-corrected chi connectivity index (χ0v) is 13.2. The molecule has 0 aliphatic heterocycles. The second-order valence-electron chi connectivity index (χ2n) is 5.20. The molecule has 24 heavy (non-hydrogen) atoms. The fourth-order valence-electron chi connectivity index (χ4n) is 2.41. The summed E-state index contributed by atoms with van der Waals surface area (Å²) in [5.41, 5.74) is 8.64. The first kappa shape index (κ1) is 15.6. The number of anilines is 2. The molecule has 0 bridgehead atoms. The van der Waals surface area contributed by atoms with Gasteiger partial charge in [0.15, 0.2) is 0 Å². The Bertz CT molecular complexity index is 914. The van der Waals surface area contributed by atoms with Gasteiger partial charge in [-0.1, -0.05) is 24.3 Å². The van der Waals surface area contributed by atoms with Crippen LogP contribution in [-0.4, -0.2) is 18.0 Å². The predicted molar refractivity (Wildman–Crippen MR) is 96.8 cm³/mol. The molecule has 3 rings (SSSR count). The van der Waals surface area contributed by atoms with Gasteiger partial charge in [-0.2, -0.15) is 0 Å². The average Bonchev–Trinajstić information content (AvgIpc) is 2.60. The molecule has 0 atom stereocenters. The second-order valence-corrected chi connectivity index (χ2v) is 5.20. The monoisotopic (exact) mass is 319 g/mol. The number of aromatic nitrogens is 1. The van der Waals surface area contributed by atoms with Crippen LogP contribution in [-0.2, 0) is 4.79 Å². The van der Waals surface area contributed by atoms with Crippen molar-refractivity contribution in [2.45, 2.75) is 0 Å². The summed E-state index contributed by atoms with van der Waals surface area (Å²) in [6, 6.07) is 14.8. The number of methoxy groups -OCH3 is 1. The molecule has 3 N–H and O–H groups in total. The normalized spacial score (nSPS) is 10.9. The van der Waals surface area contributed by atoms with Gasteiger partial charge in [-0.15, -0.1) is 0 Å². The Morgan fingerprint density at radius 3 is 2.83 bits per heavy atom. The molecule has 0 aliphatic carbocycles. The van der Waals surface area contributed by atoms with Crippen LogP contribution < -0.4 is 15.8 Å². The van der Waals surface area contributed by atoms with Crippen molar-refractivity contribution in [2.75, 3.05) is 18.2 Å². The summed E-state index contributed by atoms with van der Waals surface area (Å²) >= 11 is 0. The Morgan fingerprint density at radius 1 is 1.21 bits per heavy atom. The molecule has 1 aromatic heterocycles. The highest BCUT2D eigenvalue weighted by atomic mass is 16.5. The topological polar surface area (TPSA) is 77.2 Å². The van der Waals surface area contributed by atoms with Crippen molar-refractivity contribution >= 4 is 34.3 Å². The minimum atomic E-state index is -0.234. The largest absolute Gasteiger partial charge is 0.495 e. The van der Waals surface area contributed by atoms with E-state index < -0.39 is 0 Å². The maximum absolute atomic E-state index is 12.2. The lowest BCUT2D eigenvalue weighted by Gasteiger charge is -2.06. The van der Waals surface area contributed by atoms with Gasteiger partial charge in [-0.25, -0.2) is 0 Å². The lowest BCUT2D eigenvalue weighted by Crippen LogP contribution is -2.08. The minimum absolute atomic E-state index is 0.234. The Labute approximate surface area is 139 Å². The van der Waals surface area contributed by atoms with Crippen LogP contribution in [0.25, 0.3) is 17.0 Å². The van der Waals surface area contributed by atoms with Gasteiger partial charge < -0.3 is 15.8 Å². The van der Waals surface area contributed by atoms with Gasteiger partial charge in [0.1, 0.15) is 5.75 Å². The van der Waals surface area contributed by atoms with Gasteiger partial charge in [-0.05, 0) is 35.9 Å². The quantitative estimate of drug-likeness (QED) is 0.570. The van der Waals surface area contributed by atoms with E-state index in [0.29, 0.717) is 17.1 Å². The number of nitrogens with zero attached hydrogens (tertiary/aromatic N) is 1. The van der Waals surface area contributed by atoms with Gasteiger partial charge in [0.25, 0.3) is 0 Å². The molecule has 1 heterocycles. The van der Waals surface area contributed by atoms with Gasteiger partial charge in [0.2, 0.25) is 5.91 Å². The van der Waals surface area contributed by atoms with Gasteiger partial charge in [-0.3, -0.25) is 9.78 Å². The van der Waals surface area contributed by atoms with Crippen LogP contribution in [0.2, 0.25) is 0 Å². The van der Waals surface area contributed by atoms with E-state index in [2.05, 4.69) is 10.3 Å². The Morgan fingerprint density at radius 2 is 2.04 bits per heavy atom. The summed E-state index contributed by atoms with van der Waals surface area (Å²) in [7, 11) is 1.56. The number of pyridine rings is 1. The van der Waals surface area contributed by atoms with Crippen molar-refractivity contribution in [3.63, 3.8) is 0 Å². The van der Waals surface area contributed by atoms with E-state index >= 15 is 0 Å². The van der Waals surface area contributed by atoms with Crippen LogP contribution in [0.5, 0.6) is 5.75 Å². The molecule has 0 unspecified atom stereocenters. The summed E-state index contributed by atoms with van der Waals surface area (Å²) in [5.74, 6) is 0.376. The molecule has 1 amide bonds. The molecule has 0 saturated heterocycles.